The van der Waals surface area contributed by atoms with Gasteiger partial charge in [-0.3, -0.25) is 0 Å². The van der Waals surface area contributed by atoms with Gasteiger partial charge in [0.25, 0.3) is 0 Å². The number of halogens is 3. The lowest BCUT2D eigenvalue weighted by atomic mass is 10.2. The molecular formula is C12H9F3O. The molecule has 16 heavy (non-hydrogen) atoms. The second kappa shape index (κ2) is 3.70. The summed E-state index contributed by atoms with van der Waals surface area (Å²) in [7, 11) is 0. The van der Waals surface area contributed by atoms with E-state index < -0.39 is 6.18 Å². The highest BCUT2D eigenvalue weighted by Crippen LogP contribution is 2.27. The van der Waals surface area contributed by atoms with Gasteiger partial charge in [0.05, 0.1) is 0 Å². The van der Waals surface area contributed by atoms with Gasteiger partial charge in [-0.2, -0.15) is 13.2 Å². The van der Waals surface area contributed by atoms with E-state index >= 15 is 0 Å². The van der Waals surface area contributed by atoms with E-state index in [1.165, 1.54) is 6.92 Å². The fourth-order valence-electron chi connectivity index (χ4n) is 1.49. The molecule has 0 saturated heterocycles. The van der Waals surface area contributed by atoms with Gasteiger partial charge in [0.1, 0.15) is 11.3 Å². The van der Waals surface area contributed by atoms with E-state index in [0.29, 0.717) is 5.58 Å². The second-order valence-corrected chi connectivity index (χ2v) is 3.52. The molecule has 0 fully saturated rings. The molecule has 2 aromatic rings. The number of benzene rings is 1. The Labute approximate surface area is 90.2 Å². The summed E-state index contributed by atoms with van der Waals surface area (Å²) in [6, 6.07) is 8.71. The molecule has 0 saturated carbocycles. The Morgan fingerprint density at radius 2 is 1.94 bits per heavy atom. The first-order valence-corrected chi connectivity index (χ1v) is 4.71. The molecule has 0 spiro atoms. The van der Waals surface area contributed by atoms with Crippen LogP contribution in [0.3, 0.4) is 0 Å². The van der Waals surface area contributed by atoms with Crippen LogP contribution in [0.1, 0.15) is 12.7 Å². The van der Waals surface area contributed by atoms with Crippen molar-refractivity contribution in [1.29, 1.82) is 0 Å². The van der Waals surface area contributed by atoms with Crippen molar-refractivity contribution in [2.75, 3.05) is 0 Å². The Morgan fingerprint density at radius 1 is 1.25 bits per heavy atom. The van der Waals surface area contributed by atoms with Crippen molar-refractivity contribution in [3.63, 3.8) is 0 Å². The first-order chi connectivity index (χ1) is 7.46. The summed E-state index contributed by atoms with van der Waals surface area (Å²) in [5.74, 6) is 0.249. The third kappa shape index (κ3) is 2.27. The number of rotatable bonds is 1. The molecule has 0 atom stereocenters. The molecule has 4 heteroatoms. The fraction of sp³-hybridized carbons (Fsp3) is 0.167. The average Bonchev–Trinajstić information content (AvgIpc) is 2.58. The number of fused-ring (bicyclic) bond motifs is 1. The van der Waals surface area contributed by atoms with Crippen LogP contribution < -0.4 is 0 Å². The number of para-hydroxylation sites is 1. The molecule has 1 aromatic heterocycles. The molecule has 0 radical (unpaired) electrons. The molecule has 84 valence electrons. The molecule has 1 nitrogen and oxygen atoms in total. The van der Waals surface area contributed by atoms with E-state index in [1.54, 1.807) is 24.3 Å². The normalized spacial score (nSPS) is 13.4. The highest BCUT2D eigenvalue weighted by molar-refractivity contribution is 5.81. The second-order valence-electron chi connectivity index (χ2n) is 3.52. The van der Waals surface area contributed by atoms with Gasteiger partial charge in [-0.1, -0.05) is 18.2 Å². The van der Waals surface area contributed by atoms with E-state index in [4.69, 9.17) is 4.42 Å². The summed E-state index contributed by atoms with van der Waals surface area (Å²) >= 11 is 0. The predicted molar refractivity (Wildman–Crippen MR) is 55.9 cm³/mol. The molecule has 0 unspecified atom stereocenters. The van der Waals surface area contributed by atoms with Crippen LogP contribution in [-0.4, -0.2) is 6.18 Å². The van der Waals surface area contributed by atoms with Crippen molar-refractivity contribution in [2.24, 2.45) is 0 Å². The molecule has 0 aliphatic heterocycles. The van der Waals surface area contributed by atoms with Crippen molar-refractivity contribution >= 4 is 16.5 Å². The van der Waals surface area contributed by atoms with E-state index in [0.717, 1.165) is 5.39 Å². The Kier molecular flexibility index (Phi) is 2.50. The molecule has 0 bridgehead atoms. The summed E-state index contributed by atoms with van der Waals surface area (Å²) in [5, 5.41) is 0.799. The van der Waals surface area contributed by atoms with Gasteiger partial charge in [0.15, 0.2) is 0 Å². The lowest BCUT2D eigenvalue weighted by Gasteiger charge is -2.00. The first-order valence-electron chi connectivity index (χ1n) is 4.71. The number of hydrogen-bond acceptors (Lipinski definition) is 1. The van der Waals surface area contributed by atoms with Crippen molar-refractivity contribution in [3.05, 3.63) is 42.2 Å². The van der Waals surface area contributed by atoms with Crippen molar-refractivity contribution in [3.8, 4) is 0 Å². The van der Waals surface area contributed by atoms with Crippen molar-refractivity contribution in [1.82, 2.24) is 0 Å². The topological polar surface area (TPSA) is 13.1 Å². The van der Waals surface area contributed by atoms with E-state index in [-0.39, 0.29) is 17.4 Å². The van der Waals surface area contributed by atoms with Crippen LogP contribution in [0.4, 0.5) is 13.2 Å². The van der Waals surface area contributed by atoms with Crippen LogP contribution in [0, 0.1) is 0 Å². The third-order valence-electron chi connectivity index (χ3n) is 2.19. The summed E-state index contributed by atoms with van der Waals surface area (Å²) in [6.45, 7) is 1.38. The average molecular weight is 226 g/mol. The van der Waals surface area contributed by atoms with Gasteiger partial charge >= 0.3 is 6.18 Å². The Morgan fingerprint density at radius 3 is 2.56 bits per heavy atom. The van der Waals surface area contributed by atoms with Gasteiger partial charge in [-0.25, -0.2) is 0 Å². The van der Waals surface area contributed by atoms with Crippen LogP contribution in [0.15, 0.2) is 40.8 Å². The maximum absolute atomic E-state index is 12.1. The van der Waals surface area contributed by atoms with Crippen LogP contribution >= 0.6 is 0 Å². The molecule has 0 aliphatic rings. The molecule has 0 aliphatic carbocycles. The molecule has 2 rings (SSSR count). The molecular weight excluding hydrogens is 217 g/mol. The van der Waals surface area contributed by atoms with Crippen molar-refractivity contribution < 1.29 is 17.6 Å². The van der Waals surface area contributed by atoms with Crippen LogP contribution in [0.5, 0.6) is 0 Å². The highest BCUT2D eigenvalue weighted by atomic mass is 19.4. The van der Waals surface area contributed by atoms with Gasteiger partial charge in [-0.15, -0.1) is 0 Å². The summed E-state index contributed by atoms with van der Waals surface area (Å²) in [4.78, 5) is 0. The highest BCUT2D eigenvalue weighted by Gasteiger charge is 2.24. The third-order valence-corrected chi connectivity index (χ3v) is 2.19. The number of furan rings is 1. The van der Waals surface area contributed by atoms with Gasteiger partial charge < -0.3 is 4.42 Å². The maximum atomic E-state index is 12.1. The minimum Gasteiger partial charge on any atom is -0.456 e. The SMILES string of the molecule is C/C(=C/C(F)(F)F)c1cc2ccccc2o1. The maximum Gasteiger partial charge on any atom is 0.410 e. The Hall–Kier alpha value is -1.71. The van der Waals surface area contributed by atoms with Gasteiger partial charge in [-0.05, 0) is 24.6 Å². The van der Waals surface area contributed by atoms with Crippen LogP contribution in [0.2, 0.25) is 0 Å². The number of hydrogen-bond donors (Lipinski definition) is 0. The largest absolute Gasteiger partial charge is 0.456 e. The first kappa shape index (κ1) is 10.8. The fourth-order valence-corrected chi connectivity index (χ4v) is 1.49. The minimum absolute atomic E-state index is 0.0729. The minimum atomic E-state index is -4.32. The lowest BCUT2D eigenvalue weighted by molar-refractivity contribution is -0.0794. The zero-order valence-electron chi connectivity index (χ0n) is 8.51. The quantitative estimate of drug-likeness (QED) is 0.702. The summed E-state index contributed by atoms with van der Waals surface area (Å²) in [5.41, 5.74) is 0.663. The standard InChI is InChI=1S/C12H9F3O/c1-8(7-12(13,14)15)11-6-9-4-2-3-5-10(9)16-11/h2-7H,1H3/b8-7-. The smallest absolute Gasteiger partial charge is 0.410 e. The van der Waals surface area contributed by atoms with E-state index in [1.807, 2.05) is 6.07 Å². The zero-order valence-corrected chi connectivity index (χ0v) is 8.51. The van der Waals surface area contributed by atoms with Crippen LogP contribution in [0.25, 0.3) is 16.5 Å². The summed E-state index contributed by atoms with van der Waals surface area (Å²) in [6.07, 6.45) is -4.08. The molecule has 1 aromatic carbocycles. The molecule has 0 N–H and O–H groups in total. The van der Waals surface area contributed by atoms with E-state index in [9.17, 15) is 13.2 Å². The Bertz CT molecular complexity index is 501. The Balaban J connectivity index is 2.45. The monoisotopic (exact) mass is 226 g/mol. The van der Waals surface area contributed by atoms with Crippen LogP contribution in [-0.2, 0) is 0 Å². The molecule has 0 amide bonds. The predicted octanol–water partition coefficient (Wildman–Crippen LogP) is 4.40. The lowest BCUT2D eigenvalue weighted by Crippen LogP contribution is -2.01. The van der Waals surface area contributed by atoms with Gasteiger partial charge in [0, 0.05) is 11.5 Å². The zero-order chi connectivity index (χ0) is 11.8. The molecule has 1 heterocycles. The van der Waals surface area contributed by atoms with Crippen molar-refractivity contribution in [2.45, 2.75) is 13.1 Å². The van der Waals surface area contributed by atoms with E-state index in [2.05, 4.69) is 0 Å². The number of alkyl halides is 3. The number of allylic oxidation sites excluding steroid dienone is 2. The summed E-state index contributed by atoms with van der Waals surface area (Å²) < 4.78 is 41.7. The van der Waals surface area contributed by atoms with Gasteiger partial charge in [0.2, 0.25) is 0 Å².